The van der Waals surface area contributed by atoms with Crippen molar-refractivity contribution in [1.29, 1.82) is 0 Å². The monoisotopic (exact) mass is 374 g/mol. The van der Waals surface area contributed by atoms with Gasteiger partial charge in [0.15, 0.2) is 11.6 Å². The van der Waals surface area contributed by atoms with Crippen LogP contribution in [0.5, 0.6) is 11.5 Å². The standard InChI is InChI=1S/C13H9Br2FO2/c14-9-1-3-12(8(5-9)7-17)18-13-4-2-10(15)6-11(13)16/h1-6,17H,7H2. The number of rotatable bonds is 3. The van der Waals surface area contributed by atoms with Gasteiger partial charge in [-0.25, -0.2) is 4.39 Å². The van der Waals surface area contributed by atoms with Crippen LogP contribution < -0.4 is 4.74 Å². The maximum absolute atomic E-state index is 13.6. The number of aliphatic hydroxyl groups excluding tert-OH is 1. The Morgan fingerprint density at radius 1 is 1.00 bits per heavy atom. The van der Waals surface area contributed by atoms with Crippen molar-refractivity contribution in [1.82, 2.24) is 0 Å². The maximum Gasteiger partial charge on any atom is 0.166 e. The van der Waals surface area contributed by atoms with Gasteiger partial charge in [-0.05, 0) is 36.4 Å². The summed E-state index contributed by atoms with van der Waals surface area (Å²) in [5, 5.41) is 9.23. The second-order valence-corrected chi connectivity index (χ2v) is 5.42. The lowest BCUT2D eigenvalue weighted by Gasteiger charge is -2.11. The smallest absolute Gasteiger partial charge is 0.166 e. The highest BCUT2D eigenvalue weighted by molar-refractivity contribution is 9.10. The van der Waals surface area contributed by atoms with Crippen LogP contribution in [0.25, 0.3) is 0 Å². The van der Waals surface area contributed by atoms with Crippen molar-refractivity contribution in [2.24, 2.45) is 0 Å². The number of hydrogen-bond donors (Lipinski definition) is 1. The van der Waals surface area contributed by atoms with E-state index in [1.54, 1.807) is 24.3 Å². The zero-order chi connectivity index (χ0) is 13.1. The van der Waals surface area contributed by atoms with Crippen molar-refractivity contribution in [3.63, 3.8) is 0 Å². The summed E-state index contributed by atoms with van der Waals surface area (Å²) < 4.78 is 20.6. The number of ether oxygens (including phenoxy) is 1. The Hall–Kier alpha value is -0.910. The molecular formula is C13H9Br2FO2. The van der Waals surface area contributed by atoms with Gasteiger partial charge in [0.05, 0.1) is 6.61 Å². The molecule has 1 N–H and O–H groups in total. The summed E-state index contributed by atoms with van der Waals surface area (Å²) >= 11 is 6.48. The van der Waals surface area contributed by atoms with Crippen molar-refractivity contribution in [2.45, 2.75) is 6.61 Å². The van der Waals surface area contributed by atoms with Crippen LogP contribution >= 0.6 is 31.9 Å². The van der Waals surface area contributed by atoms with Gasteiger partial charge in [-0.1, -0.05) is 31.9 Å². The summed E-state index contributed by atoms with van der Waals surface area (Å²) in [4.78, 5) is 0. The number of benzene rings is 2. The first-order chi connectivity index (χ1) is 8.60. The van der Waals surface area contributed by atoms with Crippen molar-refractivity contribution >= 4 is 31.9 Å². The van der Waals surface area contributed by atoms with Crippen LogP contribution in [0, 0.1) is 5.82 Å². The van der Waals surface area contributed by atoms with E-state index >= 15 is 0 Å². The molecule has 0 amide bonds. The van der Waals surface area contributed by atoms with Crippen molar-refractivity contribution < 1.29 is 14.2 Å². The Labute approximate surface area is 121 Å². The minimum Gasteiger partial charge on any atom is -0.454 e. The highest BCUT2D eigenvalue weighted by Gasteiger charge is 2.09. The second-order valence-electron chi connectivity index (χ2n) is 3.59. The Kier molecular flexibility index (Phi) is 4.37. The minimum absolute atomic E-state index is 0.121. The third-order valence-electron chi connectivity index (χ3n) is 2.31. The van der Waals surface area contributed by atoms with Crippen LogP contribution in [0.3, 0.4) is 0 Å². The Balaban J connectivity index is 2.33. The summed E-state index contributed by atoms with van der Waals surface area (Å²) in [6.45, 7) is -0.174. The lowest BCUT2D eigenvalue weighted by molar-refractivity contribution is 0.276. The van der Waals surface area contributed by atoms with E-state index in [2.05, 4.69) is 31.9 Å². The van der Waals surface area contributed by atoms with Gasteiger partial charge in [-0.2, -0.15) is 0 Å². The van der Waals surface area contributed by atoms with E-state index in [0.717, 1.165) is 4.47 Å². The number of halogens is 3. The predicted molar refractivity (Wildman–Crippen MR) is 74.2 cm³/mol. The summed E-state index contributed by atoms with van der Waals surface area (Å²) in [6.07, 6.45) is 0. The molecule has 18 heavy (non-hydrogen) atoms. The van der Waals surface area contributed by atoms with Crippen molar-refractivity contribution in [2.75, 3.05) is 0 Å². The van der Waals surface area contributed by atoms with E-state index in [1.165, 1.54) is 12.1 Å². The number of hydrogen-bond acceptors (Lipinski definition) is 2. The first-order valence-electron chi connectivity index (χ1n) is 5.12. The zero-order valence-corrected chi connectivity index (χ0v) is 12.3. The molecule has 94 valence electrons. The Morgan fingerprint density at radius 2 is 1.61 bits per heavy atom. The summed E-state index contributed by atoms with van der Waals surface area (Å²) in [5.41, 5.74) is 0.590. The van der Waals surface area contributed by atoms with Crippen LogP contribution in [0.15, 0.2) is 45.3 Å². The Bertz CT molecular complexity index is 573. The normalized spacial score (nSPS) is 10.4. The van der Waals surface area contributed by atoms with Crippen LogP contribution in [0.1, 0.15) is 5.56 Å². The largest absolute Gasteiger partial charge is 0.454 e. The van der Waals surface area contributed by atoms with Crippen molar-refractivity contribution in [3.8, 4) is 11.5 Å². The summed E-state index contributed by atoms with van der Waals surface area (Å²) in [5.74, 6) is 0.0910. The van der Waals surface area contributed by atoms with Gasteiger partial charge >= 0.3 is 0 Å². The highest BCUT2D eigenvalue weighted by Crippen LogP contribution is 2.30. The van der Waals surface area contributed by atoms with Crippen LogP contribution in [0.4, 0.5) is 4.39 Å². The van der Waals surface area contributed by atoms with E-state index in [4.69, 9.17) is 4.74 Å². The molecule has 0 aliphatic rings. The lowest BCUT2D eigenvalue weighted by Crippen LogP contribution is -1.93. The molecule has 0 unspecified atom stereocenters. The molecule has 0 fully saturated rings. The topological polar surface area (TPSA) is 29.5 Å². The van der Waals surface area contributed by atoms with Gasteiger partial charge in [0, 0.05) is 14.5 Å². The van der Waals surface area contributed by atoms with Crippen LogP contribution in [0.2, 0.25) is 0 Å². The average Bonchev–Trinajstić information content (AvgIpc) is 2.34. The van der Waals surface area contributed by atoms with Gasteiger partial charge in [-0.3, -0.25) is 0 Å². The van der Waals surface area contributed by atoms with E-state index in [1.807, 2.05) is 0 Å². The fourth-order valence-electron chi connectivity index (χ4n) is 1.45. The molecule has 5 heteroatoms. The van der Waals surface area contributed by atoms with Crippen LogP contribution in [-0.2, 0) is 6.61 Å². The molecule has 0 bridgehead atoms. The van der Waals surface area contributed by atoms with Gasteiger partial charge in [0.1, 0.15) is 5.75 Å². The van der Waals surface area contributed by atoms with Gasteiger partial charge in [-0.15, -0.1) is 0 Å². The first-order valence-corrected chi connectivity index (χ1v) is 6.71. The van der Waals surface area contributed by atoms with Gasteiger partial charge in [0.25, 0.3) is 0 Å². The molecular weight excluding hydrogens is 367 g/mol. The van der Waals surface area contributed by atoms with Crippen LogP contribution in [-0.4, -0.2) is 5.11 Å². The fraction of sp³-hybridized carbons (Fsp3) is 0.0769. The molecule has 2 aromatic carbocycles. The molecule has 2 nitrogen and oxygen atoms in total. The quantitative estimate of drug-likeness (QED) is 0.847. The molecule has 0 aromatic heterocycles. The summed E-state index contributed by atoms with van der Waals surface area (Å²) in [7, 11) is 0. The molecule has 2 rings (SSSR count). The fourth-order valence-corrected chi connectivity index (χ4v) is 2.19. The third kappa shape index (κ3) is 3.10. The second kappa shape index (κ2) is 5.82. The van der Waals surface area contributed by atoms with Crippen molar-refractivity contribution in [3.05, 3.63) is 56.7 Å². The molecule has 0 heterocycles. The molecule has 0 spiro atoms. The van der Waals surface area contributed by atoms with E-state index in [-0.39, 0.29) is 12.4 Å². The van der Waals surface area contributed by atoms with E-state index < -0.39 is 5.82 Å². The maximum atomic E-state index is 13.6. The molecule has 0 saturated carbocycles. The molecule has 0 atom stereocenters. The van der Waals surface area contributed by atoms with E-state index in [0.29, 0.717) is 15.8 Å². The first kappa shape index (κ1) is 13.5. The molecule has 0 aliphatic heterocycles. The molecule has 0 aliphatic carbocycles. The molecule has 0 saturated heterocycles. The van der Waals surface area contributed by atoms with Gasteiger partial charge < -0.3 is 9.84 Å². The SMILES string of the molecule is OCc1cc(Br)ccc1Oc1ccc(Br)cc1F. The average molecular weight is 376 g/mol. The Morgan fingerprint density at radius 3 is 2.22 bits per heavy atom. The predicted octanol–water partition coefficient (Wildman–Crippen LogP) is 4.64. The van der Waals surface area contributed by atoms with E-state index in [9.17, 15) is 9.50 Å². The summed E-state index contributed by atoms with van der Waals surface area (Å²) in [6, 6.07) is 9.72. The molecule has 0 radical (unpaired) electrons. The zero-order valence-electron chi connectivity index (χ0n) is 9.16. The lowest BCUT2D eigenvalue weighted by atomic mass is 10.2. The highest BCUT2D eigenvalue weighted by atomic mass is 79.9. The third-order valence-corrected chi connectivity index (χ3v) is 3.29. The van der Waals surface area contributed by atoms with Gasteiger partial charge in [0.2, 0.25) is 0 Å². The number of aliphatic hydroxyl groups is 1. The minimum atomic E-state index is -0.462. The molecule has 2 aromatic rings.